The molecule has 7 nitrogen and oxygen atoms in total. The number of amides is 1. The van der Waals surface area contributed by atoms with Crippen molar-refractivity contribution in [1.82, 2.24) is 4.31 Å². The predicted octanol–water partition coefficient (Wildman–Crippen LogP) is 0.668. The van der Waals surface area contributed by atoms with Crippen LogP contribution in [0.25, 0.3) is 0 Å². The van der Waals surface area contributed by atoms with Gasteiger partial charge in [-0.25, -0.2) is 13.2 Å². The normalized spacial score (nSPS) is 17.0. The average Bonchev–Trinajstić information content (AvgIpc) is 2.54. The van der Waals surface area contributed by atoms with Crippen molar-refractivity contribution in [2.24, 2.45) is 11.7 Å². The number of carbonyl (C=O) groups is 2. The van der Waals surface area contributed by atoms with Gasteiger partial charge in [-0.15, -0.1) is 0 Å². The lowest BCUT2D eigenvalue weighted by Gasteiger charge is -2.29. The van der Waals surface area contributed by atoms with Crippen LogP contribution in [0.2, 0.25) is 0 Å². The molecule has 2 rings (SSSR count). The zero-order valence-corrected chi connectivity index (χ0v) is 13.9. The SMILES string of the molecule is COC(=O)c1cc(S(=O)(=O)N2CCC(C(N)=O)CC2)ccc1C. The second-order valence-corrected chi connectivity index (χ2v) is 7.49. The van der Waals surface area contributed by atoms with Gasteiger partial charge >= 0.3 is 5.97 Å². The molecule has 0 radical (unpaired) electrons. The van der Waals surface area contributed by atoms with Crippen LogP contribution in [-0.2, 0) is 19.6 Å². The summed E-state index contributed by atoms with van der Waals surface area (Å²) in [4.78, 5) is 22.9. The number of primary amides is 1. The van der Waals surface area contributed by atoms with Crippen LogP contribution in [-0.4, -0.2) is 44.8 Å². The lowest BCUT2D eigenvalue weighted by molar-refractivity contribution is -0.122. The first-order valence-electron chi connectivity index (χ1n) is 7.25. The maximum atomic E-state index is 12.7. The molecular weight excluding hydrogens is 320 g/mol. The van der Waals surface area contributed by atoms with Crippen LogP contribution in [0.5, 0.6) is 0 Å². The number of aryl methyl sites for hydroxylation is 1. The summed E-state index contributed by atoms with van der Waals surface area (Å²) in [5.74, 6) is -1.26. The molecule has 1 aliphatic heterocycles. The van der Waals surface area contributed by atoms with Gasteiger partial charge in [0.1, 0.15) is 0 Å². The number of nitrogens with two attached hydrogens (primary N) is 1. The minimum absolute atomic E-state index is 0.0426. The molecule has 1 aromatic carbocycles. The fourth-order valence-corrected chi connectivity index (χ4v) is 4.12. The number of hydrogen-bond acceptors (Lipinski definition) is 5. The number of ether oxygens (including phenoxy) is 1. The Morgan fingerprint density at radius 2 is 1.87 bits per heavy atom. The van der Waals surface area contributed by atoms with Gasteiger partial charge < -0.3 is 10.5 Å². The maximum Gasteiger partial charge on any atom is 0.338 e. The number of methoxy groups -OCH3 is 1. The largest absolute Gasteiger partial charge is 0.465 e. The Kier molecular flexibility index (Phi) is 5.06. The molecule has 1 heterocycles. The van der Waals surface area contributed by atoms with Crippen molar-refractivity contribution in [1.29, 1.82) is 0 Å². The average molecular weight is 340 g/mol. The molecule has 23 heavy (non-hydrogen) atoms. The number of piperidine rings is 1. The van der Waals surface area contributed by atoms with E-state index in [1.807, 2.05) is 0 Å². The minimum Gasteiger partial charge on any atom is -0.465 e. The first-order chi connectivity index (χ1) is 10.8. The first kappa shape index (κ1) is 17.4. The zero-order valence-electron chi connectivity index (χ0n) is 13.1. The van der Waals surface area contributed by atoms with E-state index in [-0.39, 0.29) is 29.5 Å². The third-order valence-corrected chi connectivity index (χ3v) is 6.00. The second kappa shape index (κ2) is 6.67. The van der Waals surface area contributed by atoms with Crippen LogP contribution in [0.1, 0.15) is 28.8 Å². The van der Waals surface area contributed by atoms with Gasteiger partial charge in [-0.05, 0) is 37.5 Å². The van der Waals surface area contributed by atoms with Crippen molar-refractivity contribution in [2.75, 3.05) is 20.2 Å². The van der Waals surface area contributed by atoms with E-state index >= 15 is 0 Å². The highest BCUT2D eigenvalue weighted by Crippen LogP contribution is 2.25. The van der Waals surface area contributed by atoms with Crippen molar-refractivity contribution in [3.05, 3.63) is 29.3 Å². The van der Waals surface area contributed by atoms with Gasteiger partial charge in [-0.2, -0.15) is 4.31 Å². The van der Waals surface area contributed by atoms with Gasteiger partial charge in [0.15, 0.2) is 0 Å². The van der Waals surface area contributed by atoms with Crippen molar-refractivity contribution < 1.29 is 22.7 Å². The van der Waals surface area contributed by atoms with Crippen LogP contribution >= 0.6 is 0 Å². The summed E-state index contributed by atoms with van der Waals surface area (Å²) in [6, 6.07) is 4.38. The molecule has 0 atom stereocenters. The van der Waals surface area contributed by atoms with E-state index in [4.69, 9.17) is 5.73 Å². The highest BCUT2D eigenvalue weighted by molar-refractivity contribution is 7.89. The van der Waals surface area contributed by atoms with E-state index in [9.17, 15) is 18.0 Å². The second-order valence-electron chi connectivity index (χ2n) is 5.55. The van der Waals surface area contributed by atoms with E-state index in [0.717, 1.165) is 0 Å². The van der Waals surface area contributed by atoms with Crippen LogP contribution in [0.4, 0.5) is 0 Å². The molecule has 0 aliphatic carbocycles. The Bertz CT molecular complexity index is 721. The standard InChI is InChI=1S/C15H20N2O5S/c1-10-3-4-12(9-13(10)15(19)22-2)23(20,21)17-7-5-11(6-8-17)14(16)18/h3-4,9,11H,5-8H2,1-2H3,(H2,16,18). The summed E-state index contributed by atoms with van der Waals surface area (Å²) in [5, 5.41) is 0. The molecule has 0 aromatic heterocycles. The van der Waals surface area contributed by atoms with Crippen molar-refractivity contribution >= 4 is 21.9 Å². The smallest absolute Gasteiger partial charge is 0.338 e. The molecule has 126 valence electrons. The summed E-state index contributed by atoms with van der Waals surface area (Å²) in [7, 11) is -2.47. The van der Waals surface area contributed by atoms with E-state index in [1.165, 1.54) is 23.5 Å². The molecule has 0 spiro atoms. The van der Waals surface area contributed by atoms with Crippen molar-refractivity contribution in [3.63, 3.8) is 0 Å². The van der Waals surface area contributed by atoms with Crippen LogP contribution in [0.15, 0.2) is 23.1 Å². The maximum absolute atomic E-state index is 12.7. The number of esters is 1. The molecule has 1 fully saturated rings. The Labute approximate surface area is 135 Å². The molecule has 0 saturated carbocycles. The van der Waals surface area contributed by atoms with Crippen LogP contribution < -0.4 is 5.73 Å². The molecule has 1 aromatic rings. The third-order valence-electron chi connectivity index (χ3n) is 4.11. The number of nitrogens with zero attached hydrogens (tertiary/aromatic N) is 1. The fraction of sp³-hybridized carbons (Fsp3) is 0.467. The molecule has 1 aliphatic rings. The lowest BCUT2D eigenvalue weighted by Crippen LogP contribution is -2.41. The molecule has 0 unspecified atom stereocenters. The molecule has 2 N–H and O–H groups in total. The molecule has 0 bridgehead atoms. The van der Waals surface area contributed by atoms with Gasteiger partial charge in [0.2, 0.25) is 15.9 Å². The van der Waals surface area contributed by atoms with E-state index in [2.05, 4.69) is 4.74 Å². The number of hydrogen-bond donors (Lipinski definition) is 1. The Hall–Kier alpha value is -1.93. The zero-order chi connectivity index (χ0) is 17.2. The topological polar surface area (TPSA) is 107 Å². The molecule has 8 heteroatoms. The van der Waals surface area contributed by atoms with E-state index in [0.29, 0.717) is 18.4 Å². The molecule has 1 saturated heterocycles. The van der Waals surface area contributed by atoms with Gasteiger partial charge in [0.05, 0.1) is 17.6 Å². The third kappa shape index (κ3) is 3.53. The molecule has 1 amide bonds. The Morgan fingerprint density at radius 1 is 1.26 bits per heavy atom. The predicted molar refractivity (Wildman–Crippen MR) is 83.2 cm³/mol. The summed E-state index contributed by atoms with van der Waals surface area (Å²) in [6.07, 6.45) is 0.814. The first-order valence-corrected chi connectivity index (χ1v) is 8.70. The lowest BCUT2D eigenvalue weighted by atomic mass is 9.98. The monoisotopic (exact) mass is 340 g/mol. The highest BCUT2D eigenvalue weighted by Gasteiger charge is 2.31. The van der Waals surface area contributed by atoms with Crippen LogP contribution in [0.3, 0.4) is 0 Å². The fourth-order valence-electron chi connectivity index (χ4n) is 2.62. The number of benzene rings is 1. The van der Waals surface area contributed by atoms with Gasteiger partial charge in [-0.1, -0.05) is 6.07 Å². The Balaban J connectivity index is 2.27. The van der Waals surface area contributed by atoms with Crippen LogP contribution in [0, 0.1) is 12.8 Å². The van der Waals surface area contributed by atoms with E-state index in [1.54, 1.807) is 13.0 Å². The molecular formula is C15H20N2O5S. The summed E-state index contributed by atoms with van der Waals surface area (Å²) in [5.41, 5.74) is 6.12. The Morgan fingerprint density at radius 3 is 2.39 bits per heavy atom. The summed E-state index contributed by atoms with van der Waals surface area (Å²) < 4.78 is 31.4. The summed E-state index contributed by atoms with van der Waals surface area (Å²) in [6.45, 7) is 2.18. The minimum atomic E-state index is -3.72. The number of carbonyl (C=O) groups excluding carboxylic acids is 2. The number of sulfonamides is 1. The van der Waals surface area contributed by atoms with Crippen molar-refractivity contribution in [2.45, 2.75) is 24.7 Å². The quantitative estimate of drug-likeness (QED) is 0.811. The highest BCUT2D eigenvalue weighted by atomic mass is 32.2. The van der Waals surface area contributed by atoms with Crippen molar-refractivity contribution in [3.8, 4) is 0 Å². The van der Waals surface area contributed by atoms with Gasteiger partial charge in [-0.3, -0.25) is 4.79 Å². The summed E-state index contributed by atoms with van der Waals surface area (Å²) >= 11 is 0. The van der Waals surface area contributed by atoms with Gasteiger partial charge in [0, 0.05) is 19.0 Å². The van der Waals surface area contributed by atoms with E-state index < -0.39 is 21.9 Å². The number of rotatable bonds is 4. The van der Waals surface area contributed by atoms with Gasteiger partial charge in [0.25, 0.3) is 0 Å².